The maximum absolute atomic E-state index is 5.61. The van der Waals surface area contributed by atoms with Crippen molar-refractivity contribution >= 4 is 29.9 Å². The van der Waals surface area contributed by atoms with Crippen LogP contribution in [0.5, 0.6) is 0 Å². The number of hydrogen-bond acceptors (Lipinski definition) is 3. The fourth-order valence-electron chi connectivity index (χ4n) is 3.34. The minimum atomic E-state index is 0. The highest BCUT2D eigenvalue weighted by molar-refractivity contribution is 14.0. The summed E-state index contributed by atoms with van der Waals surface area (Å²) in [5.74, 6) is 1.04. The summed E-state index contributed by atoms with van der Waals surface area (Å²) in [4.78, 5) is 11.6. The molecule has 1 unspecified atom stereocenters. The molecule has 2 aliphatic heterocycles. The molecule has 2 fully saturated rings. The molecule has 0 aliphatic carbocycles. The maximum atomic E-state index is 5.61. The van der Waals surface area contributed by atoms with Crippen molar-refractivity contribution in [3.63, 3.8) is 0 Å². The van der Waals surface area contributed by atoms with Crippen molar-refractivity contribution in [2.45, 2.75) is 26.2 Å². The molecule has 1 atom stereocenters. The third-order valence-corrected chi connectivity index (χ3v) is 4.61. The summed E-state index contributed by atoms with van der Waals surface area (Å²) in [5, 5.41) is 3.43. The maximum Gasteiger partial charge on any atom is 0.193 e. The van der Waals surface area contributed by atoms with Crippen molar-refractivity contribution < 1.29 is 4.74 Å². The normalized spacial score (nSPS) is 24.0. The van der Waals surface area contributed by atoms with Gasteiger partial charge in [-0.05, 0) is 31.9 Å². The van der Waals surface area contributed by atoms with Gasteiger partial charge in [-0.1, -0.05) is 6.07 Å². The first-order valence-electron chi connectivity index (χ1n) is 8.32. The Morgan fingerprint density at radius 3 is 3.04 bits per heavy atom. The van der Waals surface area contributed by atoms with Crippen LogP contribution in [0.15, 0.2) is 29.4 Å². The molecule has 23 heavy (non-hydrogen) atoms. The fourth-order valence-corrected chi connectivity index (χ4v) is 3.34. The third kappa shape index (κ3) is 4.79. The lowest BCUT2D eigenvalue weighted by Crippen LogP contribution is -2.41. The second kappa shape index (κ2) is 8.82. The molecule has 1 N–H and O–H groups in total. The summed E-state index contributed by atoms with van der Waals surface area (Å²) in [6, 6.07) is 6.04. The van der Waals surface area contributed by atoms with Crippen molar-refractivity contribution in [3.8, 4) is 0 Å². The molecule has 128 valence electrons. The highest BCUT2D eigenvalue weighted by Crippen LogP contribution is 2.38. The van der Waals surface area contributed by atoms with Crippen molar-refractivity contribution in [2.75, 3.05) is 39.4 Å². The number of aromatic nitrogens is 1. The van der Waals surface area contributed by atoms with Crippen LogP contribution < -0.4 is 5.32 Å². The van der Waals surface area contributed by atoms with Crippen molar-refractivity contribution in [1.82, 2.24) is 15.2 Å². The first kappa shape index (κ1) is 18.4. The summed E-state index contributed by atoms with van der Waals surface area (Å²) >= 11 is 0. The van der Waals surface area contributed by atoms with E-state index in [-0.39, 0.29) is 24.0 Å². The number of nitrogens with zero attached hydrogens (tertiary/aromatic N) is 3. The van der Waals surface area contributed by atoms with Crippen molar-refractivity contribution in [2.24, 2.45) is 10.4 Å². The Balaban J connectivity index is 0.00000192. The minimum absolute atomic E-state index is 0. The van der Waals surface area contributed by atoms with E-state index in [1.54, 1.807) is 0 Å². The second-order valence-electron chi connectivity index (χ2n) is 6.28. The molecule has 3 heterocycles. The SMILES string of the molecule is CCNC(=NCCc1ccccn1)N1CCC2(CCOC2)C1.I. The number of rotatable bonds is 4. The van der Waals surface area contributed by atoms with Gasteiger partial charge in [0.25, 0.3) is 0 Å². The molecule has 2 aliphatic rings. The predicted molar refractivity (Wildman–Crippen MR) is 103 cm³/mol. The molecule has 1 aromatic rings. The minimum Gasteiger partial charge on any atom is -0.381 e. The molecule has 6 heteroatoms. The largest absolute Gasteiger partial charge is 0.381 e. The standard InChI is InChI=1S/C17H26N4O.HI/c1-2-18-16(20-10-6-15-5-3-4-9-19-15)21-11-7-17(13-21)8-12-22-14-17;/h3-5,9H,2,6-8,10-14H2,1H3,(H,18,20);1H. The Hall–Kier alpha value is -0.890. The zero-order valence-electron chi connectivity index (χ0n) is 13.8. The summed E-state index contributed by atoms with van der Waals surface area (Å²) in [5.41, 5.74) is 1.47. The van der Waals surface area contributed by atoms with Crippen LogP contribution in [0.1, 0.15) is 25.5 Å². The van der Waals surface area contributed by atoms with Gasteiger partial charge in [0.1, 0.15) is 0 Å². The number of halogens is 1. The summed E-state index contributed by atoms with van der Waals surface area (Å²) < 4.78 is 5.61. The molecule has 0 bridgehead atoms. The Morgan fingerprint density at radius 1 is 1.43 bits per heavy atom. The molecular formula is C17H27IN4O. The van der Waals surface area contributed by atoms with Crippen LogP contribution in [0.2, 0.25) is 0 Å². The van der Waals surface area contributed by atoms with Crippen LogP contribution in [0.4, 0.5) is 0 Å². The first-order valence-corrected chi connectivity index (χ1v) is 8.32. The van der Waals surface area contributed by atoms with Gasteiger partial charge in [0.15, 0.2) is 5.96 Å². The first-order chi connectivity index (χ1) is 10.8. The van der Waals surface area contributed by atoms with Gasteiger partial charge in [-0.3, -0.25) is 9.98 Å². The Bertz CT molecular complexity index is 503. The zero-order chi connectivity index (χ0) is 15.3. The second-order valence-corrected chi connectivity index (χ2v) is 6.28. The highest BCUT2D eigenvalue weighted by atomic mass is 127. The molecule has 0 aromatic carbocycles. The van der Waals surface area contributed by atoms with E-state index in [2.05, 4.69) is 28.2 Å². The summed E-state index contributed by atoms with van der Waals surface area (Å²) in [6.07, 6.45) is 5.14. The van der Waals surface area contributed by atoms with Gasteiger partial charge in [0.2, 0.25) is 0 Å². The molecule has 5 nitrogen and oxygen atoms in total. The van der Waals surface area contributed by atoms with E-state index >= 15 is 0 Å². The number of guanidine groups is 1. The predicted octanol–water partition coefficient (Wildman–Crippen LogP) is 2.32. The van der Waals surface area contributed by atoms with Gasteiger partial charge < -0.3 is 15.0 Å². The molecule has 0 saturated carbocycles. The van der Waals surface area contributed by atoms with E-state index in [1.807, 2.05) is 18.3 Å². The average Bonchev–Trinajstić information content (AvgIpc) is 3.18. The van der Waals surface area contributed by atoms with E-state index in [1.165, 1.54) is 12.8 Å². The van der Waals surface area contributed by atoms with E-state index < -0.39 is 0 Å². The van der Waals surface area contributed by atoms with Crippen molar-refractivity contribution in [1.29, 1.82) is 0 Å². The van der Waals surface area contributed by atoms with E-state index in [0.29, 0.717) is 5.41 Å². The number of hydrogen-bond donors (Lipinski definition) is 1. The van der Waals surface area contributed by atoms with Crippen LogP contribution in [0.25, 0.3) is 0 Å². The summed E-state index contributed by atoms with van der Waals surface area (Å²) in [6.45, 7) is 7.79. The number of aliphatic imine (C=N–C) groups is 1. The quantitative estimate of drug-likeness (QED) is 0.453. The van der Waals surface area contributed by atoms with Gasteiger partial charge in [-0.25, -0.2) is 0 Å². The molecule has 1 spiro atoms. The number of pyridine rings is 1. The number of likely N-dealkylation sites (tertiary alicyclic amines) is 1. The molecular weight excluding hydrogens is 403 g/mol. The van der Waals surface area contributed by atoms with E-state index in [9.17, 15) is 0 Å². The lowest BCUT2D eigenvalue weighted by atomic mass is 9.87. The number of nitrogens with one attached hydrogen (secondary N) is 1. The third-order valence-electron chi connectivity index (χ3n) is 4.61. The molecule has 3 rings (SSSR count). The molecule has 1 aromatic heterocycles. The van der Waals surface area contributed by atoms with Crippen molar-refractivity contribution in [3.05, 3.63) is 30.1 Å². The fraction of sp³-hybridized carbons (Fsp3) is 0.647. The van der Waals surface area contributed by atoms with E-state index in [4.69, 9.17) is 9.73 Å². The molecule has 0 amide bonds. The monoisotopic (exact) mass is 430 g/mol. The Morgan fingerprint density at radius 2 is 2.35 bits per heavy atom. The number of ether oxygens (including phenoxy) is 1. The topological polar surface area (TPSA) is 49.8 Å². The Labute approximate surface area is 155 Å². The smallest absolute Gasteiger partial charge is 0.193 e. The lowest BCUT2D eigenvalue weighted by Gasteiger charge is -2.24. The molecule has 2 saturated heterocycles. The molecule has 0 radical (unpaired) electrons. The van der Waals surface area contributed by atoms with Crippen LogP contribution >= 0.6 is 24.0 Å². The van der Waals surface area contributed by atoms with Crippen LogP contribution in [-0.2, 0) is 11.2 Å². The van der Waals surface area contributed by atoms with Gasteiger partial charge in [0.05, 0.1) is 6.61 Å². The van der Waals surface area contributed by atoms with Crippen LogP contribution in [0, 0.1) is 5.41 Å². The lowest BCUT2D eigenvalue weighted by molar-refractivity contribution is 0.156. The highest BCUT2D eigenvalue weighted by Gasteiger charge is 2.42. The summed E-state index contributed by atoms with van der Waals surface area (Å²) in [7, 11) is 0. The average molecular weight is 430 g/mol. The van der Waals surface area contributed by atoms with Gasteiger partial charge in [-0.2, -0.15) is 0 Å². The van der Waals surface area contributed by atoms with Crippen LogP contribution in [0.3, 0.4) is 0 Å². The van der Waals surface area contributed by atoms with Gasteiger partial charge in [0, 0.05) is 56.5 Å². The van der Waals surface area contributed by atoms with E-state index in [0.717, 1.165) is 57.5 Å². The Kier molecular flexibility index (Phi) is 7.08. The van der Waals surface area contributed by atoms with Gasteiger partial charge >= 0.3 is 0 Å². The van der Waals surface area contributed by atoms with Gasteiger partial charge in [-0.15, -0.1) is 24.0 Å². The zero-order valence-corrected chi connectivity index (χ0v) is 16.2. The van der Waals surface area contributed by atoms with Crippen LogP contribution in [-0.4, -0.2) is 55.2 Å².